The summed E-state index contributed by atoms with van der Waals surface area (Å²) in [4.78, 5) is 0. The summed E-state index contributed by atoms with van der Waals surface area (Å²) >= 11 is 0. The molecule has 0 aromatic carbocycles. The minimum absolute atomic E-state index is 0.877. The first-order valence-corrected chi connectivity index (χ1v) is 10.1. The van der Waals surface area contributed by atoms with Gasteiger partial charge in [0.15, 0.2) is 0 Å². The molecule has 0 heterocycles. The van der Waals surface area contributed by atoms with E-state index in [1.54, 1.807) is 0 Å². The van der Waals surface area contributed by atoms with Crippen molar-refractivity contribution in [3.05, 3.63) is 0 Å². The summed E-state index contributed by atoms with van der Waals surface area (Å²) in [7, 11) is 0. The standard InChI is InChI=1S/C21H42/c1-6-8-9-12-19(7-2)21(15-14-17(3)4)20-13-10-11-18(5)16-20/h17-21H,6-16H2,1-5H3. The normalized spacial score (nSPS) is 26.0. The molecular formula is C21H42. The molecule has 0 radical (unpaired) electrons. The van der Waals surface area contributed by atoms with Crippen LogP contribution in [0.3, 0.4) is 0 Å². The second-order valence-corrected chi connectivity index (χ2v) is 8.33. The van der Waals surface area contributed by atoms with E-state index >= 15 is 0 Å². The van der Waals surface area contributed by atoms with Crippen molar-refractivity contribution < 1.29 is 0 Å². The fourth-order valence-corrected chi connectivity index (χ4v) is 4.63. The molecule has 1 aliphatic rings. The third-order valence-corrected chi connectivity index (χ3v) is 5.97. The molecule has 0 aromatic heterocycles. The van der Waals surface area contributed by atoms with Gasteiger partial charge in [0.1, 0.15) is 0 Å². The van der Waals surface area contributed by atoms with Crippen molar-refractivity contribution in [1.29, 1.82) is 0 Å². The second-order valence-electron chi connectivity index (χ2n) is 8.33. The van der Waals surface area contributed by atoms with Crippen molar-refractivity contribution >= 4 is 0 Å². The average Bonchev–Trinajstić information content (AvgIpc) is 2.45. The summed E-state index contributed by atoms with van der Waals surface area (Å²) in [6.07, 6.45) is 16.2. The Kier molecular flexibility index (Phi) is 9.69. The van der Waals surface area contributed by atoms with Crippen LogP contribution >= 0.6 is 0 Å². The van der Waals surface area contributed by atoms with Crippen LogP contribution in [-0.4, -0.2) is 0 Å². The van der Waals surface area contributed by atoms with Crippen LogP contribution in [0.15, 0.2) is 0 Å². The van der Waals surface area contributed by atoms with Crippen LogP contribution in [0, 0.1) is 29.6 Å². The lowest BCUT2D eigenvalue weighted by Gasteiger charge is -2.38. The van der Waals surface area contributed by atoms with E-state index in [1.807, 2.05) is 0 Å². The van der Waals surface area contributed by atoms with Crippen molar-refractivity contribution in [2.75, 3.05) is 0 Å². The maximum absolute atomic E-state index is 2.49. The summed E-state index contributed by atoms with van der Waals surface area (Å²) in [5.41, 5.74) is 0. The van der Waals surface area contributed by atoms with Gasteiger partial charge in [-0.05, 0) is 42.4 Å². The predicted molar refractivity (Wildman–Crippen MR) is 96.6 cm³/mol. The molecule has 0 aliphatic heterocycles. The Labute approximate surface area is 135 Å². The molecule has 126 valence electrons. The Morgan fingerprint density at radius 2 is 1.71 bits per heavy atom. The second kappa shape index (κ2) is 10.7. The summed E-state index contributed by atoms with van der Waals surface area (Å²) in [6, 6.07) is 0. The molecule has 1 rings (SSSR count). The molecule has 0 spiro atoms. The molecule has 0 aromatic rings. The first-order chi connectivity index (χ1) is 10.1. The molecule has 1 fully saturated rings. The zero-order valence-corrected chi connectivity index (χ0v) is 15.7. The monoisotopic (exact) mass is 294 g/mol. The SMILES string of the molecule is CCCCCC(CC)C(CCC(C)C)C1CCCC(C)C1. The van der Waals surface area contributed by atoms with Gasteiger partial charge in [-0.25, -0.2) is 0 Å². The maximum atomic E-state index is 2.49. The highest BCUT2D eigenvalue weighted by Gasteiger charge is 2.31. The van der Waals surface area contributed by atoms with E-state index in [9.17, 15) is 0 Å². The van der Waals surface area contributed by atoms with E-state index in [0.717, 1.165) is 29.6 Å². The largest absolute Gasteiger partial charge is 0.0654 e. The molecule has 0 bridgehead atoms. The topological polar surface area (TPSA) is 0 Å². The quantitative estimate of drug-likeness (QED) is 0.366. The van der Waals surface area contributed by atoms with E-state index < -0.39 is 0 Å². The van der Waals surface area contributed by atoms with E-state index in [2.05, 4.69) is 34.6 Å². The third-order valence-electron chi connectivity index (χ3n) is 5.97. The first-order valence-electron chi connectivity index (χ1n) is 10.1. The fourth-order valence-electron chi connectivity index (χ4n) is 4.63. The van der Waals surface area contributed by atoms with E-state index in [4.69, 9.17) is 0 Å². The van der Waals surface area contributed by atoms with E-state index in [0.29, 0.717) is 0 Å². The molecule has 0 nitrogen and oxygen atoms in total. The summed E-state index contributed by atoms with van der Waals surface area (Å²) in [6.45, 7) is 12.1. The van der Waals surface area contributed by atoms with Gasteiger partial charge in [0.25, 0.3) is 0 Å². The Morgan fingerprint density at radius 1 is 0.952 bits per heavy atom. The van der Waals surface area contributed by atoms with Gasteiger partial charge in [-0.15, -0.1) is 0 Å². The summed E-state index contributed by atoms with van der Waals surface area (Å²) < 4.78 is 0. The Morgan fingerprint density at radius 3 is 2.29 bits per heavy atom. The van der Waals surface area contributed by atoms with Crippen LogP contribution < -0.4 is 0 Å². The van der Waals surface area contributed by atoms with E-state index in [1.165, 1.54) is 70.6 Å². The molecule has 21 heavy (non-hydrogen) atoms. The number of hydrogen-bond donors (Lipinski definition) is 0. The van der Waals surface area contributed by atoms with Gasteiger partial charge >= 0.3 is 0 Å². The van der Waals surface area contributed by atoms with Crippen molar-refractivity contribution in [3.8, 4) is 0 Å². The lowest BCUT2D eigenvalue weighted by molar-refractivity contribution is 0.125. The van der Waals surface area contributed by atoms with Gasteiger partial charge in [-0.2, -0.15) is 0 Å². The third kappa shape index (κ3) is 7.20. The maximum Gasteiger partial charge on any atom is -0.0357 e. The molecule has 4 atom stereocenters. The summed E-state index contributed by atoms with van der Waals surface area (Å²) in [5.74, 6) is 4.93. The predicted octanol–water partition coefficient (Wildman–Crippen LogP) is 7.47. The molecule has 1 aliphatic carbocycles. The van der Waals surface area contributed by atoms with Gasteiger partial charge in [-0.1, -0.05) is 92.4 Å². The fraction of sp³-hybridized carbons (Fsp3) is 1.00. The number of rotatable bonds is 10. The lowest BCUT2D eigenvalue weighted by atomic mass is 9.67. The highest BCUT2D eigenvalue weighted by atomic mass is 14.4. The van der Waals surface area contributed by atoms with Gasteiger partial charge < -0.3 is 0 Å². The van der Waals surface area contributed by atoms with E-state index in [-0.39, 0.29) is 0 Å². The molecule has 0 N–H and O–H groups in total. The van der Waals surface area contributed by atoms with Crippen molar-refractivity contribution in [1.82, 2.24) is 0 Å². The Bertz CT molecular complexity index is 242. The van der Waals surface area contributed by atoms with Gasteiger partial charge in [0, 0.05) is 0 Å². The first kappa shape index (κ1) is 19.0. The van der Waals surface area contributed by atoms with Crippen molar-refractivity contribution in [2.45, 2.75) is 105 Å². The smallest absolute Gasteiger partial charge is 0.0357 e. The molecular weight excluding hydrogens is 252 g/mol. The summed E-state index contributed by atoms with van der Waals surface area (Å²) in [5, 5.41) is 0. The Hall–Kier alpha value is 0. The minimum atomic E-state index is 0.877. The van der Waals surface area contributed by atoms with Gasteiger partial charge in [0.2, 0.25) is 0 Å². The molecule has 1 saturated carbocycles. The molecule has 4 unspecified atom stereocenters. The van der Waals surface area contributed by atoms with Crippen LogP contribution in [0.5, 0.6) is 0 Å². The highest BCUT2D eigenvalue weighted by molar-refractivity contribution is 4.81. The molecule has 0 saturated heterocycles. The number of hydrogen-bond acceptors (Lipinski definition) is 0. The molecule has 0 amide bonds. The Balaban J connectivity index is 2.63. The van der Waals surface area contributed by atoms with Crippen molar-refractivity contribution in [3.63, 3.8) is 0 Å². The molecule has 0 heteroatoms. The highest BCUT2D eigenvalue weighted by Crippen LogP contribution is 2.41. The van der Waals surface area contributed by atoms with Crippen LogP contribution in [0.25, 0.3) is 0 Å². The van der Waals surface area contributed by atoms with Crippen LogP contribution in [0.4, 0.5) is 0 Å². The zero-order valence-electron chi connectivity index (χ0n) is 15.7. The van der Waals surface area contributed by atoms with Gasteiger partial charge in [-0.3, -0.25) is 0 Å². The van der Waals surface area contributed by atoms with Crippen molar-refractivity contribution in [2.24, 2.45) is 29.6 Å². The van der Waals surface area contributed by atoms with Crippen LogP contribution in [0.2, 0.25) is 0 Å². The average molecular weight is 295 g/mol. The lowest BCUT2D eigenvalue weighted by Crippen LogP contribution is -2.28. The van der Waals surface area contributed by atoms with Crippen LogP contribution in [-0.2, 0) is 0 Å². The minimum Gasteiger partial charge on any atom is -0.0654 e. The van der Waals surface area contributed by atoms with Crippen LogP contribution in [0.1, 0.15) is 105 Å². The number of unbranched alkanes of at least 4 members (excludes halogenated alkanes) is 2. The van der Waals surface area contributed by atoms with Gasteiger partial charge in [0.05, 0.1) is 0 Å². The zero-order chi connectivity index (χ0) is 15.7.